The van der Waals surface area contributed by atoms with Gasteiger partial charge in [-0.25, -0.2) is 4.90 Å². The Labute approximate surface area is 150 Å². The van der Waals surface area contributed by atoms with Crippen molar-refractivity contribution in [1.82, 2.24) is 4.90 Å². The van der Waals surface area contributed by atoms with Gasteiger partial charge in [-0.05, 0) is 18.6 Å². The summed E-state index contributed by atoms with van der Waals surface area (Å²) in [6.07, 6.45) is 0.256. The van der Waals surface area contributed by atoms with Crippen molar-refractivity contribution < 1.29 is 28.6 Å². The molecule has 0 aliphatic carbocycles. The number of ether oxygens (including phenoxy) is 3. The van der Waals surface area contributed by atoms with Gasteiger partial charge in [-0.3, -0.25) is 19.1 Å². The number of imide groups is 1. The highest BCUT2D eigenvalue weighted by Gasteiger charge is 2.56. The second kappa shape index (κ2) is 7.23. The number of hydrogen-bond donors (Lipinski definition) is 0. The third-order valence-electron chi connectivity index (χ3n) is 4.20. The van der Waals surface area contributed by atoms with Crippen LogP contribution in [0.15, 0.2) is 24.3 Å². The molecule has 0 radical (unpaired) electrons. The van der Waals surface area contributed by atoms with Gasteiger partial charge in [0.25, 0.3) is 17.7 Å². The molecule has 0 spiro atoms. The molecule has 3 rings (SSSR count). The van der Waals surface area contributed by atoms with E-state index < -0.39 is 36.4 Å². The number of nitriles is 1. The molecule has 2 aliphatic rings. The summed E-state index contributed by atoms with van der Waals surface area (Å²) in [5.74, 6) is -3.59. The third-order valence-corrected chi connectivity index (χ3v) is 4.20. The predicted molar refractivity (Wildman–Crippen MR) is 86.3 cm³/mol. The molecule has 0 bridgehead atoms. The van der Waals surface area contributed by atoms with Crippen molar-refractivity contribution in [1.29, 1.82) is 5.26 Å². The van der Waals surface area contributed by atoms with Crippen LogP contribution in [0.3, 0.4) is 0 Å². The fourth-order valence-corrected chi connectivity index (χ4v) is 2.94. The standard InChI is InChI=1S/C18H18N2O6/c1-2-3-8-14(21)25-15-11-24-18(26-15,9-10-19)20-16(22)12-6-4-5-7-13(12)17(20)23/h4-7,15H,2-3,8-9,11H2,1H3. The van der Waals surface area contributed by atoms with E-state index in [2.05, 4.69) is 0 Å². The second-order valence-electron chi connectivity index (χ2n) is 5.99. The first-order valence-corrected chi connectivity index (χ1v) is 8.38. The molecule has 1 aromatic carbocycles. The van der Waals surface area contributed by atoms with Crippen LogP contribution < -0.4 is 0 Å². The molecule has 2 aliphatic heterocycles. The number of benzene rings is 1. The highest BCUT2D eigenvalue weighted by atomic mass is 16.8. The average molecular weight is 358 g/mol. The van der Waals surface area contributed by atoms with Crippen molar-refractivity contribution in [3.05, 3.63) is 35.4 Å². The van der Waals surface area contributed by atoms with E-state index in [4.69, 9.17) is 19.5 Å². The molecule has 26 heavy (non-hydrogen) atoms. The minimum absolute atomic E-state index is 0.174. The van der Waals surface area contributed by atoms with Crippen LogP contribution in [0.4, 0.5) is 0 Å². The quantitative estimate of drug-likeness (QED) is 0.565. The Morgan fingerprint density at radius 3 is 2.58 bits per heavy atom. The smallest absolute Gasteiger partial charge is 0.308 e. The molecule has 0 aromatic heterocycles. The molecule has 1 aromatic rings. The molecule has 136 valence electrons. The van der Waals surface area contributed by atoms with Gasteiger partial charge in [-0.2, -0.15) is 5.26 Å². The lowest BCUT2D eigenvalue weighted by Gasteiger charge is -2.32. The Kier molecular flexibility index (Phi) is 5.02. The fourth-order valence-electron chi connectivity index (χ4n) is 2.94. The van der Waals surface area contributed by atoms with E-state index >= 15 is 0 Å². The van der Waals surface area contributed by atoms with E-state index in [0.29, 0.717) is 6.42 Å². The summed E-state index contributed by atoms with van der Waals surface area (Å²) in [7, 11) is 0. The molecule has 2 heterocycles. The molecule has 2 unspecified atom stereocenters. The van der Waals surface area contributed by atoms with Crippen molar-refractivity contribution in [3.63, 3.8) is 0 Å². The zero-order valence-corrected chi connectivity index (χ0v) is 14.3. The van der Waals surface area contributed by atoms with Crippen molar-refractivity contribution in [2.24, 2.45) is 0 Å². The summed E-state index contributed by atoms with van der Waals surface area (Å²) < 4.78 is 16.3. The zero-order chi connectivity index (χ0) is 18.7. The van der Waals surface area contributed by atoms with Gasteiger partial charge in [0.15, 0.2) is 0 Å². The zero-order valence-electron chi connectivity index (χ0n) is 14.3. The van der Waals surface area contributed by atoms with Crippen LogP contribution in [0.5, 0.6) is 0 Å². The number of esters is 1. The minimum Gasteiger partial charge on any atom is -0.433 e. The summed E-state index contributed by atoms with van der Waals surface area (Å²) in [5, 5.41) is 9.16. The molecule has 0 N–H and O–H groups in total. The minimum atomic E-state index is -1.91. The van der Waals surface area contributed by atoms with Gasteiger partial charge in [0.2, 0.25) is 6.29 Å². The Hall–Kier alpha value is -2.76. The van der Waals surface area contributed by atoms with Crippen LogP contribution in [0.2, 0.25) is 0 Å². The van der Waals surface area contributed by atoms with E-state index in [1.165, 1.54) is 12.1 Å². The summed E-state index contributed by atoms with van der Waals surface area (Å²) in [6, 6.07) is 8.18. The van der Waals surface area contributed by atoms with Gasteiger partial charge < -0.3 is 9.47 Å². The van der Waals surface area contributed by atoms with Crippen molar-refractivity contribution in [2.45, 2.75) is 44.8 Å². The SMILES string of the molecule is CCCCC(=O)OC1COC(CC#N)(N2C(=O)c3ccccc3C2=O)O1. The lowest BCUT2D eigenvalue weighted by atomic mass is 10.1. The number of carbonyl (C=O) groups excluding carboxylic acids is 3. The van der Waals surface area contributed by atoms with Gasteiger partial charge in [-0.1, -0.05) is 25.5 Å². The van der Waals surface area contributed by atoms with Crippen molar-refractivity contribution in [2.75, 3.05) is 6.61 Å². The maximum absolute atomic E-state index is 12.7. The number of unbranched alkanes of at least 4 members (excludes halogenated alkanes) is 1. The van der Waals surface area contributed by atoms with Crippen LogP contribution in [0, 0.1) is 11.3 Å². The van der Waals surface area contributed by atoms with Crippen LogP contribution in [-0.4, -0.2) is 41.5 Å². The first kappa shape index (κ1) is 18.0. The maximum atomic E-state index is 12.7. The molecule has 2 amide bonds. The van der Waals surface area contributed by atoms with E-state index in [0.717, 1.165) is 11.3 Å². The second-order valence-corrected chi connectivity index (χ2v) is 5.99. The molecule has 1 fully saturated rings. The molecule has 0 saturated carbocycles. The lowest BCUT2D eigenvalue weighted by molar-refractivity contribution is -0.253. The predicted octanol–water partition coefficient (Wildman–Crippen LogP) is 1.96. The monoisotopic (exact) mass is 358 g/mol. The van der Waals surface area contributed by atoms with E-state index in [-0.39, 0.29) is 24.2 Å². The highest BCUT2D eigenvalue weighted by Crippen LogP contribution is 2.37. The largest absolute Gasteiger partial charge is 0.433 e. The number of fused-ring (bicyclic) bond motifs is 1. The Morgan fingerprint density at radius 2 is 2.00 bits per heavy atom. The molecule has 8 nitrogen and oxygen atoms in total. The molecular formula is C18H18N2O6. The van der Waals surface area contributed by atoms with E-state index in [9.17, 15) is 14.4 Å². The van der Waals surface area contributed by atoms with E-state index in [1.54, 1.807) is 12.1 Å². The van der Waals surface area contributed by atoms with Crippen LogP contribution in [0.25, 0.3) is 0 Å². The number of carbonyl (C=O) groups is 3. The number of rotatable bonds is 6. The maximum Gasteiger partial charge on any atom is 0.308 e. The summed E-state index contributed by atoms with van der Waals surface area (Å²) in [4.78, 5) is 37.9. The summed E-state index contributed by atoms with van der Waals surface area (Å²) in [5.41, 5.74) is 0.427. The van der Waals surface area contributed by atoms with Gasteiger partial charge in [0.05, 0.1) is 17.2 Å². The van der Waals surface area contributed by atoms with Crippen LogP contribution in [-0.2, 0) is 19.0 Å². The van der Waals surface area contributed by atoms with Crippen LogP contribution in [0.1, 0.15) is 53.3 Å². The first-order valence-electron chi connectivity index (χ1n) is 8.38. The highest BCUT2D eigenvalue weighted by molar-refractivity contribution is 6.21. The van der Waals surface area contributed by atoms with Gasteiger partial charge >= 0.3 is 5.97 Å². The Balaban J connectivity index is 1.80. The number of amides is 2. The summed E-state index contributed by atoms with van der Waals surface area (Å²) in [6.45, 7) is 1.77. The van der Waals surface area contributed by atoms with Gasteiger partial charge in [0.1, 0.15) is 13.0 Å². The number of nitrogens with zero attached hydrogens (tertiary/aromatic N) is 2. The van der Waals surface area contributed by atoms with Crippen molar-refractivity contribution >= 4 is 17.8 Å². The van der Waals surface area contributed by atoms with E-state index in [1.807, 2.05) is 13.0 Å². The molecule has 1 saturated heterocycles. The van der Waals surface area contributed by atoms with Crippen molar-refractivity contribution in [3.8, 4) is 6.07 Å². The molecule has 2 atom stereocenters. The first-order chi connectivity index (χ1) is 12.5. The van der Waals surface area contributed by atoms with Crippen LogP contribution >= 0.6 is 0 Å². The number of hydrogen-bond acceptors (Lipinski definition) is 7. The summed E-state index contributed by atoms with van der Waals surface area (Å²) >= 11 is 0. The average Bonchev–Trinajstić information content (AvgIpc) is 3.14. The normalized spacial score (nSPS) is 24.5. The van der Waals surface area contributed by atoms with Gasteiger partial charge in [0, 0.05) is 6.42 Å². The third kappa shape index (κ3) is 3.07. The molecule has 8 heteroatoms. The topological polar surface area (TPSA) is 106 Å². The van der Waals surface area contributed by atoms with Gasteiger partial charge in [-0.15, -0.1) is 0 Å². The fraction of sp³-hybridized carbons (Fsp3) is 0.444. The molecular weight excluding hydrogens is 340 g/mol. The lowest BCUT2D eigenvalue weighted by Crippen LogP contribution is -2.53. The Morgan fingerprint density at radius 1 is 1.35 bits per heavy atom. The Bertz CT molecular complexity index is 751.